The Morgan fingerprint density at radius 3 is 2.65 bits per heavy atom. The minimum absolute atomic E-state index is 0.119. The van der Waals surface area contributed by atoms with Crippen LogP contribution in [0.1, 0.15) is 33.1 Å². The molecule has 0 saturated carbocycles. The average Bonchev–Trinajstić information content (AvgIpc) is 2.53. The molecule has 0 aliphatic carbocycles. The van der Waals surface area contributed by atoms with Crippen LogP contribution in [0.3, 0.4) is 0 Å². The second kappa shape index (κ2) is 5.83. The molecular weight excluding hydrogens is 216 g/mol. The Morgan fingerprint density at radius 2 is 2.18 bits per heavy atom. The van der Waals surface area contributed by atoms with Gasteiger partial charge in [0.15, 0.2) is 0 Å². The molecule has 3 atom stereocenters. The summed E-state index contributed by atoms with van der Waals surface area (Å²) in [6.07, 6.45) is 3.22. The summed E-state index contributed by atoms with van der Waals surface area (Å²) in [7, 11) is 4.10. The first-order chi connectivity index (χ1) is 7.91. The molecule has 1 fully saturated rings. The summed E-state index contributed by atoms with van der Waals surface area (Å²) in [4.78, 5) is 13.5. The molecule has 3 unspecified atom stereocenters. The van der Waals surface area contributed by atoms with E-state index in [0.29, 0.717) is 5.92 Å². The Morgan fingerprint density at radius 1 is 1.53 bits per heavy atom. The number of unbranched alkanes of at least 4 members (excludes halogenated alkanes) is 1. The van der Waals surface area contributed by atoms with Crippen molar-refractivity contribution in [2.45, 2.75) is 39.2 Å². The first-order valence-electron chi connectivity index (χ1n) is 6.52. The molecule has 4 nitrogen and oxygen atoms in total. The molecule has 0 aromatic carbocycles. The Labute approximate surface area is 104 Å². The molecule has 0 aromatic heterocycles. The quantitative estimate of drug-likeness (QED) is 0.739. The van der Waals surface area contributed by atoms with Crippen LogP contribution in [-0.2, 0) is 4.79 Å². The van der Waals surface area contributed by atoms with Gasteiger partial charge >= 0.3 is 5.97 Å². The lowest BCUT2D eigenvalue weighted by molar-refractivity contribution is -0.142. The highest BCUT2D eigenvalue weighted by Gasteiger charge is 2.49. The number of carbonyl (C=O) groups is 1. The summed E-state index contributed by atoms with van der Waals surface area (Å²) in [6, 6.07) is -0.390. The summed E-state index contributed by atoms with van der Waals surface area (Å²) >= 11 is 0. The topological polar surface area (TPSA) is 52.6 Å². The van der Waals surface area contributed by atoms with Gasteiger partial charge in [0.1, 0.15) is 6.04 Å². The second-order valence-electron chi connectivity index (χ2n) is 5.75. The van der Waals surface area contributed by atoms with Crippen LogP contribution in [0.15, 0.2) is 0 Å². The zero-order chi connectivity index (χ0) is 13.1. The van der Waals surface area contributed by atoms with Crippen LogP contribution in [0.25, 0.3) is 0 Å². The maximum absolute atomic E-state index is 11.3. The maximum atomic E-state index is 11.3. The smallest absolute Gasteiger partial charge is 0.321 e. The Balaban J connectivity index is 2.81. The normalized spacial score (nSPS) is 33.2. The van der Waals surface area contributed by atoms with Gasteiger partial charge in [-0.1, -0.05) is 26.7 Å². The molecular formula is C13H26N2O2. The van der Waals surface area contributed by atoms with Crippen molar-refractivity contribution in [2.75, 3.05) is 27.2 Å². The van der Waals surface area contributed by atoms with E-state index in [9.17, 15) is 9.90 Å². The Kier molecular flexibility index (Phi) is 4.95. The SMILES string of the molecule is CCCCC1(C)C(CN(C)C)CNC1C(=O)O. The van der Waals surface area contributed by atoms with E-state index in [4.69, 9.17) is 0 Å². The van der Waals surface area contributed by atoms with Crippen LogP contribution >= 0.6 is 0 Å². The number of hydrogen-bond donors (Lipinski definition) is 2. The third kappa shape index (κ3) is 3.19. The zero-order valence-electron chi connectivity index (χ0n) is 11.5. The largest absolute Gasteiger partial charge is 0.480 e. The highest BCUT2D eigenvalue weighted by molar-refractivity contribution is 5.75. The summed E-state index contributed by atoms with van der Waals surface area (Å²) < 4.78 is 0. The minimum atomic E-state index is -0.704. The molecule has 0 radical (unpaired) electrons. The molecule has 0 bridgehead atoms. The van der Waals surface area contributed by atoms with Gasteiger partial charge in [-0.2, -0.15) is 0 Å². The Bertz CT molecular complexity index is 268. The van der Waals surface area contributed by atoms with Gasteiger partial charge in [0, 0.05) is 13.1 Å². The highest BCUT2D eigenvalue weighted by atomic mass is 16.4. The van der Waals surface area contributed by atoms with Gasteiger partial charge in [0.25, 0.3) is 0 Å². The first-order valence-corrected chi connectivity index (χ1v) is 6.52. The van der Waals surface area contributed by atoms with Crippen molar-refractivity contribution in [3.05, 3.63) is 0 Å². The van der Waals surface area contributed by atoms with Gasteiger partial charge in [0.2, 0.25) is 0 Å². The van der Waals surface area contributed by atoms with E-state index in [1.807, 2.05) is 14.1 Å². The van der Waals surface area contributed by atoms with E-state index in [-0.39, 0.29) is 11.5 Å². The zero-order valence-corrected chi connectivity index (χ0v) is 11.5. The van der Waals surface area contributed by atoms with Crippen LogP contribution in [0, 0.1) is 11.3 Å². The van der Waals surface area contributed by atoms with Crippen molar-refractivity contribution in [3.8, 4) is 0 Å². The monoisotopic (exact) mass is 242 g/mol. The fourth-order valence-electron chi connectivity index (χ4n) is 2.95. The standard InChI is InChI=1S/C13H26N2O2/c1-5-6-7-13(2)10(9-15(3)4)8-14-11(13)12(16)17/h10-11,14H,5-9H2,1-4H3,(H,16,17). The lowest BCUT2D eigenvalue weighted by atomic mass is 9.71. The maximum Gasteiger partial charge on any atom is 0.321 e. The molecule has 0 amide bonds. The number of nitrogens with zero attached hydrogens (tertiary/aromatic N) is 1. The molecule has 1 saturated heterocycles. The summed E-state index contributed by atoms with van der Waals surface area (Å²) in [5, 5.41) is 12.5. The van der Waals surface area contributed by atoms with Gasteiger partial charge in [0.05, 0.1) is 0 Å². The fourth-order valence-corrected chi connectivity index (χ4v) is 2.95. The fraction of sp³-hybridized carbons (Fsp3) is 0.923. The van der Waals surface area contributed by atoms with E-state index in [1.54, 1.807) is 0 Å². The molecule has 1 rings (SSSR count). The van der Waals surface area contributed by atoms with E-state index in [0.717, 1.165) is 32.4 Å². The average molecular weight is 242 g/mol. The summed E-state index contributed by atoms with van der Waals surface area (Å²) in [5.74, 6) is -0.282. The third-order valence-electron chi connectivity index (χ3n) is 4.06. The van der Waals surface area contributed by atoms with Gasteiger partial charge < -0.3 is 15.3 Å². The summed E-state index contributed by atoms with van der Waals surface area (Å²) in [6.45, 7) is 6.06. The molecule has 1 heterocycles. The number of aliphatic carboxylic acids is 1. The van der Waals surface area contributed by atoms with Crippen LogP contribution in [0.5, 0.6) is 0 Å². The molecule has 100 valence electrons. The molecule has 2 N–H and O–H groups in total. The number of carboxylic acid groups (broad SMARTS) is 1. The van der Waals surface area contributed by atoms with Crippen molar-refractivity contribution in [1.29, 1.82) is 0 Å². The van der Waals surface area contributed by atoms with E-state index in [2.05, 4.69) is 24.1 Å². The molecule has 0 aromatic rings. The van der Waals surface area contributed by atoms with Gasteiger partial charge in [-0.25, -0.2) is 0 Å². The molecule has 17 heavy (non-hydrogen) atoms. The molecule has 0 spiro atoms. The van der Waals surface area contributed by atoms with Gasteiger partial charge in [-0.15, -0.1) is 0 Å². The van der Waals surface area contributed by atoms with Crippen molar-refractivity contribution < 1.29 is 9.90 Å². The summed E-state index contributed by atoms with van der Waals surface area (Å²) in [5.41, 5.74) is -0.119. The molecule has 4 heteroatoms. The van der Waals surface area contributed by atoms with Crippen LogP contribution in [-0.4, -0.2) is 49.2 Å². The van der Waals surface area contributed by atoms with Crippen LogP contribution in [0.2, 0.25) is 0 Å². The van der Waals surface area contributed by atoms with E-state index < -0.39 is 5.97 Å². The number of hydrogen-bond acceptors (Lipinski definition) is 3. The predicted molar refractivity (Wildman–Crippen MR) is 69.1 cm³/mol. The van der Waals surface area contributed by atoms with Crippen molar-refractivity contribution >= 4 is 5.97 Å². The van der Waals surface area contributed by atoms with Gasteiger partial charge in [-0.05, 0) is 31.8 Å². The molecule has 1 aliphatic rings. The van der Waals surface area contributed by atoms with Crippen LogP contribution in [0.4, 0.5) is 0 Å². The third-order valence-corrected chi connectivity index (χ3v) is 4.06. The number of nitrogens with one attached hydrogen (secondary N) is 1. The lowest BCUT2D eigenvalue weighted by Gasteiger charge is -2.35. The second-order valence-corrected chi connectivity index (χ2v) is 5.75. The number of carboxylic acids is 1. The van der Waals surface area contributed by atoms with Crippen molar-refractivity contribution in [2.24, 2.45) is 11.3 Å². The highest BCUT2D eigenvalue weighted by Crippen LogP contribution is 2.41. The van der Waals surface area contributed by atoms with Crippen molar-refractivity contribution in [1.82, 2.24) is 10.2 Å². The van der Waals surface area contributed by atoms with E-state index >= 15 is 0 Å². The lowest BCUT2D eigenvalue weighted by Crippen LogP contribution is -2.44. The van der Waals surface area contributed by atoms with E-state index in [1.165, 1.54) is 0 Å². The van der Waals surface area contributed by atoms with Crippen molar-refractivity contribution in [3.63, 3.8) is 0 Å². The van der Waals surface area contributed by atoms with Crippen LogP contribution < -0.4 is 5.32 Å². The minimum Gasteiger partial charge on any atom is -0.480 e. The number of rotatable bonds is 6. The molecule has 1 aliphatic heterocycles. The first kappa shape index (κ1) is 14.5. The predicted octanol–water partition coefficient (Wildman–Crippen LogP) is 1.42. The van der Waals surface area contributed by atoms with Gasteiger partial charge in [-0.3, -0.25) is 4.79 Å². The Hall–Kier alpha value is -0.610.